The Bertz CT molecular complexity index is 633. The van der Waals surface area contributed by atoms with Crippen LogP contribution in [-0.4, -0.2) is 18.9 Å². The third-order valence-corrected chi connectivity index (χ3v) is 4.64. The van der Waals surface area contributed by atoms with Crippen LogP contribution in [0.4, 0.5) is 5.69 Å². The fraction of sp³-hybridized carbons (Fsp3) is 0.409. The normalized spacial score (nSPS) is 15.2. The highest BCUT2D eigenvalue weighted by atomic mass is 16.1. The zero-order chi connectivity index (χ0) is 17.4. The van der Waals surface area contributed by atoms with Crippen LogP contribution in [0.1, 0.15) is 43.7 Å². The van der Waals surface area contributed by atoms with Crippen LogP contribution >= 0.6 is 0 Å². The molecule has 1 saturated heterocycles. The van der Waals surface area contributed by atoms with Crippen LogP contribution in [0.25, 0.3) is 0 Å². The molecule has 1 aliphatic rings. The van der Waals surface area contributed by atoms with E-state index in [1.54, 1.807) is 0 Å². The Morgan fingerprint density at radius 2 is 2.00 bits per heavy atom. The van der Waals surface area contributed by atoms with E-state index in [-0.39, 0.29) is 0 Å². The Morgan fingerprint density at radius 1 is 1.25 bits per heavy atom. The maximum Gasteiger partial charge on any atom is 0.137 e. The lowest BCUT2D eigenvalue weighted by Gasteiger charge is -2.19. The van der Waals surface area contributed by atoms with E-state index in [2.05, 4.69) is 36.6 Å². The highest BCUT2D eigenvalue weighted by Crippen LogP contribution is 2.23. The van der Waals surface area contributed by atoms with E-state index >= 15 is 0 Å². The molecule has 2 rings (SSSR count). The molecular weight excluding hydrogens is 294 g/mol. The first-order valence-corrected chi connectivity index (χ1v) is 8.94. The first-order valence-electron chi connectivity index (χ1n) is 8.94. The SMILES string of the molecule is C=C/C(=C\C=C/C)CCC(=O)Cc1ccc(N2CCCC2)cc1C. The van der Waals surface area contributed by atoms with Gasteiger partial charge in [-0.1, -0.05) is 36.9 Å². The number of hydrogen-bond acceptors (Lipinski definition) is 2. The average Bonchev–Trinajstić information content (AvgIpc) is 3.11. The maximum absolute atomic E-state index is 12.3. The second kappa shape index (κ2) is 9.27. The molecule has 0 N–H and O–H groups in total. The highest BCUT2D eigenvalue weighted by molar-refractivity contribution is 5.81. The van der Waals surface area contributed by atoms with Crippen LogP contribution in [0.15, 0.2) is 54.7 Å². The van der Waals surface area contributed by atoms with Crippen LogP contribution < -0.4 is 4.90 Å². The average molecular weight is 323 g/mol. The minimum Gasteiger partial charge on any atom is -0.372 e. The van der Waals surface area contributed by atoms with Gasteiger partial charge in [0.1, 0.15) is 5.78 Å². The van der Waals surface area contributed by atoms with Gasteiger partial charge in [-0.05, 0) is 61.9 Å². The largest absolute Gasteiger partial charge is 0.372 e. The summed E-state index contributed by atoms with van der Waals surface area (Å²) in [5.74, 6) is 0.292. The molecule has 1 aromatic rings. The number of hydrogen-bond donors (Lipinski definition) is 0. The molecule has 2 nitrogen and oxygen atoms in total. The van der Waals surface area contributed by atoms with Gasteiger partial charge < -0.3 is 4.90 Å². The van der Waals surface area contributed by atoms with Gasteiger partial charge in [0.2, 0.25) is 0 Å². The predicted octanol–water partition coefficient (Wildman–Crippen LogP) is 5.18. The van der Waals surface area contributed by atoms with Crippen molar-refractivity contribution in [3.05, 3.63) is 65.8 Å². The van der Waals surface area contributed by atoms with E-state index in [9.17, 15) is 4.79 Å². The molecule has 2 heteroatoms. The molecule has 0 aromatic heterocycles. The Morgan fingerprint density at radius 3 is 2.62 bits per heavy atom. The minimum absolute atomic E-state index is 0.292. The molecule has 0 atom stereocenters. The van der Waals surface area contributed by atoms with Gasteiger partial charge in [0.15, 0.2) is 0 Å². The molecule has 0 bridgehead atoms. The van der Waals surface area contributed by atoms with Crippen LogP contribution in [0, 0.1) is 6.92 Å². The summed E-state index contributed by atoms with van der Waals surface area (Å²) in [7, 11) is 0. The minimum atomic E-state index is 0.292. The van der Waals surface area contributed by atoms with Gasteiger partial charge in [-0.15, -0.1) is 0 Å². The predicted molar refractivity (Wildman–Crippen MR) is 104 cm³/mol. The van der Waals surface area contributed by atoms with Gasteiger partial charge in [-0.3, -0.25) is 4.79 Å². The van der Waals surface area contributed by atoms with Crippen LogP contribution in [0.2, 0.25) is 0 Å². The fourth-order valence-corrected chi connectivity index (χ4v) is 3.11. The molecule has 0 radical (unpaired) electrons. The highest BCUT2D eigenvalue weighted by Gasteiger charge is 2.14. The van der Waals surface area contributed by atoms with E-state index in [0.29, 0.717) is 18.6 Å². The number of anilines is 1. The van der Waals surface area contributed by atoms with Crippen molar-refractivity contribution < 1.29 is 4.79 Å². The lowest BCUT2D eigenvalue weighted by Crippen LogP contribution is -2.17. The summed E-state index contributed by atoms with van der Waals surface area (Å²) in [6, 6.07) is 6.53. The summed E-state index contributed by atoms with van der Waals surface area (Å²) >= 11 is 0. The summed E-state index contributed by atoms with van der Waals surface area (Å²) in [6.45, 7) is 10.2. The van der Waals surface area contributed by atoms with Crippen molar-refractivity contribution in [2.75, 3.05) is 18.0 Å². The molecule has 0 aliphatic carbocycles. The second-order valence-electron chi connectivity index (χ2n) is 6.49. The topological polar surface area (TPSA) is 20.3 Å². The van der Waals surface area contributed by atoms with Crippen molar-refractivity contribution in [1.82, 2.24) is 0 Å². The third kappa shape index (κ3) is 5.23. The van der Waals surface area contributed by atoms with Crippen molar-refractivity contribution in [3.8, 4) is 0 Å². The first-order chi connectivity index (χ1) is 11.6. The zero-order valence-electron chi connectivity index (χ0n) is 15.1. The first kappa shape index (κ1) is 18.3. The molecule has 1 aromatic carbocycles. The number of carbonyl (C=O) groups excluding carboxylic acids is 1. The van der Waals surface area contributed by atoms with E-state index in [4.69, 9.17) is 0 Å². The number of ketones is 1. The van der Waals surface area contributed by atoms with Crippen LogP contribution in [0.3, 0.4) is 0 Å². The van der Waals surface area contributed by atoms with Crippen LogP contribution in [-0.2, 0) is 11.2 Å². The summed E-state index contributed by atoms with van der Waals surface area (Å²) in [6.07, 6.45) is 12.3. The van der Waals surface area contributed by atoms with Gasteiger partial charge >= 0.3 is 0 Å². The Hall–Kier alpha value is -2.09. The second-order valence-corrected chi connectivity index (χ2v) is 6.49. The van der Waals surface area contributed by atoms with E-state index < -0.39 is 0 Å². The molecule has 0 amide bonds. The number of carbonyl (C=O) groups is 1. The summed E-state index contributed by atoms with van der Waals surface area (Å²) in [4.78, 5) is 14.7. The number of benzene rings is 1. The summed E-state index contributed by atoms with van der Waals surface area (Å²) in [5, 5.41) is 0. The van der Waals surface area contributed by atoms with Crippen LogP contribution in [0.5, 0.6) is 0 Å². The summed E-state index contributed by atoms with van der Waals surface area (Å²) in [5.41, 5.74) is 4.79. The van der Waals surface area contributed by atoms with Crippen molar-refractivity contribution in [2.45, 2.75) is 46.0 Å². The lowest BCUT2D eigenvalue weighted by atomic mass is 9.98. The van der Waals surface area contributed by atoms with E-state index in [0.717, 1.165) is 30.6 Å². The molecular formula is C22H29NO. The van der Waals surface area contributed by atoms with Crippen molar-refractivity contribution >= 4 is 11.5 Å². The number of allylic oxidation sites excluding steroid dienone is 5. The molecule has 128 valence electrons. The smallest absolute Gasteiger partial charge is 0.137 e. The molecule has 0 unspecified atom stereocenters. The van der Waals surface area contributed by atoms with Crippen molar-refractivity contribution in [2.24, 2.45) is 0 Å². The molecule has 0 saturated carbocycles. The Kier molecular flexibility index (Phi) is 7.05. The van der Waals surface area contributed by atoms with Gasteiger partial charge in [0.25, 0.3) is 0 Å². The molecule has 1 fully saturated rings. The summed E-state index contributed by atoms with van der Waals surface area (Å²) < 4.78 is 0. The fourth-order valence-electron chi connectivity index (χ4n) is 3.11. The number of nitrogens with zero attached hydrogens (tertiary/aromatic N) is 1. The molecule has 1 aliphatic heterocycles. The van der Waals surface area contributed by atoms with Gasteiger partial charge in [0, 0.05) is 31.6 Å². The van der Waals surface area contributed by atoms with E-state index in [1.165, 1.54) is 24.1 Å². The van der Waals surface area contributed by atoms with Gasteiger partial charge in [0.05, 0.1) is 0 Å². The van der Waals surface area contributed by atoms with E-state index in [1.807, 2.05) is 31.2 Å². The maximum atomic E-state index is 12.3. The van der Waals surface area contributed by atoms with Crippen molar-refractivity contribution in [1.29, 1.82) is 0 Å². The molecule has 0 spiro atoms. The monoisotopic (exact) mass is 323 g/mol. The number of rotatable bonds is 8. The van der Waals surface area contributed by atoms with Gasteiger partial charge in [-0.2, -0.15) is 0 Å². The molecule has 24 heavy (non-hydrogen) atoms. The zero-order valence-corrected chi connectivity index (χ0v) is 15.1. The Labute approximate surface area is 146 Å². The third-order valence-electron chi connectivity index (χ3n) is 4.64. The standard InChI is InChI=1S/C22H29NO/c1-4-6-9-19(5-2)10-13-22(24)17-20-11-12-21(16-18(20)3)23-14-7-8-15-23/h4-6,9,11-12,16H,2,7-8,10,13-15,17H2,1,3H3/b6-4-,19-9+. The number of aryl methyl sites for hydroxylation is 1. The van der Waals surface area contributed by atoms with Gasteiger partial charge in [-0.25, -0.2) is 0 Å². The van der Waals surface area contributed by atoms with Crippen molar-refractivity contribution in [3.63, 3.8) is 0 Å². The molecule has 1 heterocycles. The lowest BCUT2D eigenvalue weighted by molar-refractivity contribution is -0.118. The quantitative estimate of drug-likeness (QED) is 0.615. The Balaban J connectivity index is 1.92. The number of Topliss-reactive ketones (excluding diaryl/α,β-unsaturated/α-hetero) is 1.